The lowest BCUT2D eigenvalue weighted by molar-refractivity contribution is -0.141. The summed E-state index contributed by atoms with van der Waals surface area (Å²) in [5.74, 6) is -3.52. The molecule has 0 unspecified atom stereocenters. The largest absolute Gasteiger partial charge is 0.476 e. The molecule has 6 N–H and O–H groups in total. The molecule has 5 aromatic heterocycles. The van der Waals surface area contributed by atoms with E-state index >= 15 is 0 Å². The smallest absolute Gasteiger partial charge is 0.408 e. The number of methoxy groups -OCH3 is 1. The van der Waals surface area contributed by atoms with Crippen LogP contribution in [0.1, 0.15) is 119 Å². The number of carbonyl (C=O) groups excluding carboxylic acids is 5. The van der Waals surface area contributed by atoms with Crippen LogP contribution >= 0.6 is 45.3 Å². The maximum Gasteiger partial charge on any atom is 0.408 e. The second-order valence-corrected chi connectivity index (χ2v) is 29.5. The molecule has 0 spiro atoms. The Morgan fingerprint density at radius 1 is 0.785 bits per heavy atom. The number of thiazole rings is 4. The first-order valence-corrected chi connectivity index (χ1v) is 31.2. The number of aromatic nitrogens is 5. The number of carboxylic acids is 1. The van der Waals surface area contributed by atoms with Crippen LogP contribution in [0.3, 0.4) is 0 Å². The number of primary amides is 1. The van der Waals surface area contributed by atoms with Gasteiger partial charge in [-0.1, -0.05) is 71.9 Å². The van der Waals surface area contributed by atoms with E-state index in [2.05, 4.69) is 67.5 Å². The number of hydrogen-bond acceptors (Lipinski definition) is 19. The Morgan fingerprint density at radius 3 is 2.08 bits per heavy atom. The van der Waals surface area contributed by atoms with Crippen molar-refractivity contribution < 1.29 is 52.5 Å². The van der Waals surface area contributed by atoms with E-state index in [0.29, 0.717) is 61.2 Å². The van der Waals surface area contributed by atoms with Crippen LogP contribution < -0.4 is 21.7 Å². The Morgan fingerprint density at radius 2 is 1.43 bits per heavy atom. The fraction of sp³-hybridized carbons (Fsp3) is 0.453. The summed E-state index contributed by atoms with van der Waals surface area (Å²) >= 11 is 4.88. The minimum absolute atomic E-state index is 0.00880. The summed E-state index contributed by atoms with van der Waals surface area (Å²) in [4.78, 5) is 104. The highest BCUT2D eigenvalue weighted by Gasteiger charge is 2.49. The van der Waals surface area contributed by atoms with Gasteiger partial charge >= 0.3 is 12.1 Å². The molecule has 1 fully saturated rings. The number of amides is 5. The molecule has 1 aliphatic rings. The predicted octanol–water partition coefficient (Wildman–Crippen LogP) is 9.08. The zero-order valence-corrected chi connectivity index (χ0v) is 49.8. The normalized spacial score (nSPS) is 15.1. The molecule has 26 heteroatoms. The van der Waals surface area contributed by atoms with Gasteiger partial charge in [0.1, 0.15) is 79.9 Å². The average molecular weight is 1180 g/mol. The lowest BCUT2D eigenvalue weighted by atomic mass is 10.0. The SMILES string of the molecule is COCOC[C@H](NC(=O)c1csc(-c2ccc(-c3nc(C(=O)O)cs3)c(-c3csc(-c4csc([C@H](NC(=O)CNC(=O)OC(C)(C)C)[C@@H](O[Si](C(C)C)(C(C)C)C(C)C)c5ccccc5)n4)n3)n2)n1)C(=O)N1CCC[C@H]1C(N)=O. The van der Waals surface area contributed by atoms with Crippen LogP contribution in [0.4, 0.5) is 4.79 Å². The fourth-order valence-electron chi connectivity index (χ4n) is 9.71. The second-order valence-electron chi connectivity index (χ2n) is 20.6. The summed E-state index contributed by atoms with van der Waals surface area (Å²) in [6.45, 7) is 17.9. The maximum absolute atomic E-state index is 14.0. The monoisotopic (exact) mass is 1170 g/mol. The zero-order valence-electron chi connectivity index (χ0n) is 45.6. The molecule has 1 aliphatic heterocycles. The number of hydrogen-bond donors (Lipinski definition) is 5. The maximum atomic E-state index is 14.0. The number of benzene rings is 1. The van der Waals surface area contributed by atoms with Crippen LogP contribution in [0, 0.1) is 0 Å². The van der Waals surface area contributed by atoms with Crippen LogP contribution in [-0.4, -0.2) is 130 Å². The highest BCUT2D eigenvalue weighted by Crippen LogP contribution is 2.48. The summed E-state index contributed by atoms with van der Waals surface area (Å²) < 4.78 is 23.4. The number of nitrogens with zero attached hydrogens (tertiary/aromatic N) is 6. The topological polar surface area (TPSA) is 289 Å². The highest BCUT2D eigenvalue weighted by molar-refractivity contribution is 7.15. The van der Waals surface area contributed by atoms with E-state index in [0.717, 1.165) is 28.2 Å². The van der Waals surface area contributed by atoms with E-state index in [9.17, 15) is 33.9 Å². The molecular weight excluding hydrogens is 1110 g/mol. The Kier molecular flexibility index (Phi) is 20.0. The van der Waals surface area contributed by atoms with Gasteiger partial charge in [-0.25, -0.2) is 34.5 Å². The van der Waals surface area contributed by atoms with E-state index in [1.54, 1.807) is 38.3 Å². The molecule has 422 valence electrons. The molecular formula is C53H66N10O11S4Si. The first-order valence-electron chi connectivity index (χ1n) is 25.5. The summed E-state index contributed by atoms with van der Waals surface area (Å²) in [5, 5.41) is 26.6. The average Bonchev–Trinajstić information content (AvgIpc) is 4.29. The van der Waals surface area contributed by atoms with Crippen molar-refractivity contribution in [3.63, 3.8) is 0 Å². The molecule has 79 heavy (non-hydrogen) atoms. The third-order valence-electron chi connectivity index (χ3n) is 13.1. The van der Waals surface area contributed by atoms with E-state index < -0.39 is 73.8 Å². The fourth-order valence-corrected chi connectivity index (χ4v) is 18.5. The number of ether oxygens (including phenoxy) is 3. The van der Waals surface area contributed by atoms with Crippen molar-refractivity contribution in [1.29, 1.82) is 0 Å². The van der Waals surface area contributed by atoms with Crippen molar-refractivity contribution in [2.75, 3.05) is 33.6 Å². The molecule has 4 atom stereocenters. The van der Waals surface area contributed by atoms with E-state index in [4.69, 9.17) is 39.3 Å². The van der Waals surface area contributed by atoms with E-state index in [-0.39, 0.29) is 54.5 Å². The molecule has 5 amide bonds. The van der Waals surface area contributed by atoms with E-state index in [1.807, 2.05) is 35.7 Å². The predicted molar refractivity (Wildman–Crippen MR) is 305 cm³/mol. The number of pyridine rings is 1. The Bertz CT molecular complexity index is 3100. The van der Waals surface area contributed by atoms with Crippen LogP contribution in [0.2, 0.25) is 16.6 Å². The summed E-state index contributed by atoms with van der Waals surface area (Å²) in [7, 11) is -1.23. The van der Waals surface area contributed by atoms with Crippen molar-refractivity contribution in [3.05, 3.63) is 85.9 Å². The Labute approximate surface area is 475 Å². The van der Waals surface area contributed by atoms with Crippen LogP contribution in [-0.2, 0) is 33.0 Å². The lowest BCUT2D eigenvalue weighted by Crippen LogP contribution is -2.54. The number of nitrogens with one attached hydrogen (secondary N) is 3. The van der Waals surface area contributed by atoms with Gasteiger partial charge in [-0.15, -0.1) is 45.3 Å². The molecule has 1 aromatic carbocycles. The van der Waals surface area contributed by atoms with E-state index in [1.165, 1.54) is 45.4 Å². The van der Waals surface area contributed by atoms with Gasteiger partial charge in [-0.05, 0) is 67.9 Å². The molecule has 6 heterocycles. The quantitative estimate of drug-likeness (QED) is 0.0214. The van der Waals surface area contributed by atoms with Crippen molar-refractivity contribution in [1.82, 2.24) is 45.8 Å². The molecule has 0 bridgehead atoms. The van der Waals surface area contributed by atoms with Crippen LogP contribution in [0.25, 0.3) is 43.4 Å². The number of likely N-dealkylation sites (tertiary alicyclic amines) is 1. The van der Waals surface area contributed by atoms with Crippen LogP contribution in [0.5, 0.6) is 0 Å². The van der Waals surface area contributed by atoms with Crippen molar-refractivity contribution in [3.8, 4) is 43.4 Å². The first-order chi connectivity index (χ1) is 37.5. The molecule has 0 aliphatic carbocycles. The number of rotatable bonds is 24. The number of aromatic carboxylic acids is 1. The Hall–Kier alpha value is -6.39. The number of nitrogens with two attached hydrogens (primary N) is 1. The molecule has 21 nitrogen and oxygen atoms in total. The molecule has 7 rings (SSSR count). The molecule has 6 aromatic rings. The van der Waals surface area contributed by atoms with Crippen molar-refractivity contribution >= 4 is 89.4 Å². The van der Waals surface area contributed by atoms with Gasteiger partial charge in [0.2, 0.25) is 26.0 Å². The lowest BCUT2D eigenvalue weighted by Gasteiger charge is -2.46. The summed E-state index contributed by atoms with van der Waals surface area (Å²) in [5.41, 5.74) is 8.19. The molecule has 1 saturated heterocycles. The van der Waals surface area contributed by atoms with Gasteiger partial charge in [0.05, 0.1) is 18.4 Å². The third kappa shape index (κ3) is 14.5. The van der Waals surface area contributed by atoms with Crippen molar-refractivity contribution in [2.24, 2.45) is 5.73 Å². The van der Waals surface area contributed by atoms with Gasteiger partial charge in [-0.2, -0.15) is 0 Å². The van der Waals surface area contributed by atoms with Gasteiger partial charge < -0.3 is 50.3 Å². The summed E-state index contributed by atoms with van der Waals surface area (Å²) in [6.07, 6.45) is -0.449. The Balaban J connectivity index is 1.24. The van der Waals surface area contributed by atoms with Crippen LogP contribution in [0.15, 0.2) is 64.0 Å². The van der Waals surface area contributed by atoms with Gasteiger partial charge in [0.25, 0.3) is 5.91 Å². The summed E-state index contributed by atoms with van der Waals surface area (Å²) in [6, 6.07) is 10.3. The highest BCUT2D eigenvalue weighted by atomic mass is 32.1. The van der Waals surface area contributed by atoms with Gasteiger partial charge in [0, 0.05) is 40.7 Å². The second kappa shape index (κ2) is 26.3. The number of carbonyl (C=O) groups is 6. The number of alkyl carbamates (subject to hydrolysis) is 1. The van der Waals surface area contributed by atoms with Crippen molar-refractivity contribution in [2.45, 2.75) is 122 Å². The first kappa shape index (κ1) is 60.3. The van der Waals surface area contributed by atoms with Gasteiger partial charge in [0.15, 0.2) is 5.69 Å². The van der Waals surface area contributed by atoms with Gasteiger partial charge in [-0.3, -0.25) is 19.2 Å². The minimum Gasteiger partial charge on any atom is -0.476 e. The standard InChI is InChI=1S/C53H66N10O11S4Si/c1-28(2)79(29(3)4,30(5)6)74-43(31-15-12-11-13-16-31)42(62-40(64)21-55-52(70)73-53(7,8)9)49-60-37(25-78-49)48-58-35(23-76-48)41-32(46-61-38(26-75-46)51(68)69)18-19-33(56-41)47-59-36(24-77-47)45(66)57-34(22-72-27-71-10)50(67)63-20-14-17-39(63)44(54)65/h11-13,15-16,18-19,23-26,28-30,34,39,42-43H,14,17,20-22,27H2,1-10H3,(H2,54,65)(H,55,70)(H,57,66)(H,62,64)(H,68,69)/t34-,39-,42+,43-/m0/s1. The zero-order chi connectivity index (χ0) is 57.3. The molecule has 0 radical (unpaired) electrons. The number of carboxylic acid groups (broad SMARTS) is 1. The third-order valence-corrected chi connectivity index (χ3v) is 22.7. The minimum atomic E-state index is -2.65. The molecule has 0 saturated carbocycles.